The first-order valence-corrected chi connectivity index (χ1v) is 9.02. The average molecular weight is 386 g/mol. The van der Waals surface area contributed by atoms with Gasteiger partial charge >= 0.3 is 5.97 Å². The summed E-state index contributed by atoms with van der Waals surface area (Å²) in [7, 11) is 0. The Bertz CT molecular complexity index is 1200. The first-order valence-electron chi connectivity index (χ1n) is 9.02. The number of hydrogen-bond acceptors (Lipinski definition) is 4. The van der Waals surface area contributed by atoms with Crippen molar-refractivity contribution >= 4 is 22.6 Å². The van der Waals surface area contributed by atoms with Gasteiger partial charge in [0.1, 0.15) is 17.1 Å². The second-order valence-electron chi connectivity index (χ2n) is 7.28. The highest BCUT2D eigenvalue weighted by atomic mass is 19.1. The number of aromatic carboxylic acids is 1. The zero-order valence-corrected chi connectivity index (χ0v) is 14.7. The molecule has 1 fully saturated rings. The lowest BCUT2D eigenvalue weighted by Crippen LogP contribution is -2.32. The number of aromatic amines is 1. The smallest absolute Gasteiger partial charge is 0.341 e. The summed E-state index contributed by atoms with van der Waals surface area (Å²) in [5.74, 6) is -3.11. The molecular formula is C19H16F2N4O3. The summed E-state index contributed by atoms with van der Waals surface area (Å²) < 4.78 is 32.0. The summed E-state index contributed by atoms with van der Waals surface area (Å²) >= 11 is 0. The minimum Gasteiger partial charge on any atom is -0.477 e. The minimum absolute atomic E-state index is 0.0353. The van der Waals surface area contributed by atoms with Crippen molar-refractivity contribution in [2.24, 2.45) is 0 Å². The normalized spacial score (nSPS) is 16.4. The van der Waals surface area contributed by atoms with Crippen molar-refractivity contribution in [2.75, 3.05) is 11.4 Å². The third kappa shape index (κ3) is 2.42. The molecule has 1 saturated carbocycles. The van der Waals surface area contributed by atoms with E-state index in [4.69, 9.17) is 0 Å². The van der Waals surface area contributed by atoms with Crippen molar-refractivity contribution < 1.29 is 18.7 Å². The van der Waals surface area contributed by atoms with E-state index in [0.717, 1.165) is 30.2 Å². The van der Waals surface area contributed by atoms with Crippen molar-refractivity contribution in [1.82, 2.24) is 14.8 Å². The minimum atomic E-state index is -1.41. The summed E-state index contributed by atoms with van der Waals surface area (Å²) in [6, 6.07) is 0.877. The number of benzene rings is 1. The van der Waals surface area contributed by atoms with Gasteiger partial charge in [-0.05, 0) is 18.9 Å². The third-order valence-electron chi connectivity index (χ3n) is 5.47. The molecular weight excluding hydrogens is 370 g/mol. The van der Waals surface area contributed by atoms with E-state index in [2.05, 4.69) is 10.2 Å². The molecule has 2 N–H and O–H groups in total. The summed E-state index contributed by atoms with van der Waals surface area (Å²) in [5, 5.41) is 15.9. The fraction of sp³-hybridized carbons (Fsp3) is 0.316. The molecule has 0 amide bonds. The zero-order chi connectivity index (χ0) is 19.6. The Balaban J connectivity index is 1.74. The van der Waals surface area contributed by atoms with Crippen molar-refractivity contribution in [3.63, 3.8) is 0 Å². The first kappa shape index (κ1) is 16.9. The molecule has 2 aromatic heterocycles. The number of nitrogens with one attached hydrogen (secondary N) is 1. The van der Waals surface area contributed by atoms with Crippen LogP contribution in [0.15, 0.2) is 23.3 Å². The molecule has 7 nitrogen and oxygen atoms in total. The van der Waals surface area contributed by atoms with Crippen LogP contribution in [0.5, 0.6) is 0 Å². The van der Waals surface area contributed by atoms with E-state index in [1.807, 2.05) is 0 Å². The summed E-state index contributed by atoms with van der Waals surface area (Å²) in [6.07, 6.45) is 4.90. The number of hydrogen-bond donors (Lipinski definition) is 2. The van der Waals surface area contributed by atoms with Gasteiger partial charge in [0.15, 0.2) is 5.82 Å². The van der Waals surface area contributed by atoms with Crippen LogP contribution in [0.2, 0.25) is 0 Å². The number of carboxylic acids is 1. The Morgan fingerprint density at radius 2 is 2.11 bits per heavy atom. The average Bonchev–Trinajstić information content (AvgIpc) is 3.39. The van der Waals surface area contributed by atoms with Crippen LogP contribution in [0.3, 0.4) is 0 Å². The maximum Gasteiger partial charge on any atom is 0.341 e. The Morgan fingerprint density at radius 3 is 2.82 bits per heavy atom. The zero-order valence-electron chi connectivity index (χ0n) is 14.7. The lowest BCUT2D eigenvalue weighted by Gasteiger charge is -2.30. The molecule has 1 aliphatic heterocycles. The SMILES string of the molecule is O=C(O)c1cn(C2CC2)c2c(F)c(N3CCc4[nH]ncc4C3)c(F)cc2c1=O. The van der Waals surface area contributed by atoms with Crippen molar-refractivity contribution in [1.29, 1.82) is 0 Å². The predicted molar refractivity (Wildman–Crippen MR) is 96.7 cm³/mol. The second-order valence-corrected chi connectivity index (χ2v) is 7.28. The monoisotopic (exact) mass is 386 g/mol. The maximum absolute atomic E-state index is 15.6. The largest absolute Gasteiger partial charge is 0.477 e. The highest BCUT2D eigenvalue weighted by Crippen LogP contribution is 2.40. The van der Waals surface area contributed by atoms with E-state index in [1.54, 1.807) is 11.1 Å². The molecule has 9 heteroatoms. The highest BCUT2D eigenvalue weighted by molar-refractivity contribution is 5.94. The lowest BCUT2D eigenvalue weighted by molar-refractivity contribution is 0.0695. The van der Waals surface area contributed by atoms with Gasteiger partial charge in [0.05, 0.1) is 17.1 Å². The van der Waals surface area contributed by atoms with E-state index in [0.29, 0.717) is 19.5 Å². The van der Waals surface area contributed by atoms with Gasteiger partial charge in [-0.15, -0.1) is 0 Å². The lowest BCUT2D eigenvalue weighted by atomic mass is 10.0. The first-order chi connectivity index (χ1) is 13.5. The molecule has 1 aromatic carbocycles. The molecule has 3 heterocycles. The number of halogens is 2. The molecule has 0 radical (unpaired) electrons. The predicted octanol–water partition coefficient (Wildman–Crippen LogP) is 2.60. The van der Waals surface area contributed by atoms with Gasteiger partial charge in [-0.25, -0.2) is 13.6 Å². The number of fused-ring (bicyclic) bond motifs is 2. The fourth-order valence-corrected chi connectivity index (χ4v) is 3.93. The fourth-order valence-electron chi connectivity index (χ4n) is 3.93. The van der Waals surface area contributed by atoms with E-state index >= 15 is 4.39 Å². The molecule has 0 spiro atoms. The van der Waals surface area contributed by atoms with Crippen LogP contribution in [0.1, 0.15) is 40.5 Å². The molecule has 2 aliphatic rings. The summed E-state index contributed by atoms with van der Waals surface area (Å²) in [6.45, 7) is 0.696. The van der Waals surface area contributed by atoms with Crippen LogP contribution < -0.4 is 10.3 Å². The Kier molecular flexibility index (Phi) is 3.55. The van der Waals surface area contributed by atoms with Gasteiger partial charge in [-0.2, -0.15) is 5.10 Å². The summed E-state index contributed by atoms with van der Waals surface area (Å²) in [5.41, 5.74) is 0.222. The van der Waals surface area contributed by atoms with Crippen LogP contribution in [0.25, 0.3) is 10.9 Å². The van der Waals surface area contributed by atoms with Crippen LogP contribution in [0, 0.1) is 11.6 Å². The maximum atomic E-state index is 15.6. The van der Waals surface area contributed by atoms with E-state index in [-0.39, 0.29) is 22.6 Å². The molecule has 0 atom stereocenters. The Morgan fingerprint density at radius 1 is 1.32 bits per heavy atom. The Labute approximate surface area is 157 Å². The van der Waals surface area contributed by atoms with Gasteiger partial charge in [-0.3, -0.25) is 9.89 Å². The van der Waals surface area contributed by atoms with Crippen molar-refractivity contribution in [2.45, 2.75) is 31.8 Å². The van der Waals surface area contributed by atoms with E-state index < -0.39 is 28.6 Å². The number of anilines is 1. The molecule has 1 aliphatic carbocycles. The van der Waals surface area contributed by atoms with E-state index in [9.17, 15) is 19.1 Å². The number of rotatable bonds is 3. The molecule has 144 valence electrons. The number of carboxylic acid groups (broad SMARTS) is 1. The van der Waals surface area contributed by atoms with Gasteiger partial charge < -0.3 is 14.6 Å². The van der Waals surface area contributed by atoms with Crippen LogP contribution in [-0.2, 0) is 13.0 Å². The van der Waals surface area contributed by atoms with Gasteiger partial charge in [0.25, 0.3) is 0 Å². The standard InChI is InChI=1S/C19H16F2N4O3/c20-13-5-11-16(25(10-1-2-10)8-12(18(11)26)19(27)28)15(21)17(13)24-4-3-14-9(7-24)6-22-23-14/h5-6,8,10H,1-4,7H2,(H,22,23)(H,27,28). The number of nitrogens with zero attached hydrogens (tertiary/aromatic N) is 3. The molecule has 28 heavy (non-hydrogen) atoms. The van der Waals surface area contributed by atoms with Gasteiger partial charge in [0.2, 0.25) is 5.43 Å². The molecule has 0 bridgehead atoms. The molecule has 0 saturated heterocycles. The topological polar surface area (TPSA) is 91.2 Å². The Hall–Kier alpha value is -3.23. The van der Waals surface area contributed by atoms with E-state index in [1.165, 1.54) is 10.8 Å². The number of pyridine rings is 1. The highest BCUT2D eigenvalue weighted by Gasteiger charge is 2.31. The van der Waals surface area contributed by atoms with Crippen molar-refractivity contribution in [3.05, 3.63) is 57.1 Å². The van der Waals surface area contributed by atoms with Crippen LogP contribution >= 0.6 is 0 Å². The quantitative estimate of drug-likeness (QED) is 0.722. The van der Waals surface area contributed by atoms with Gasteiger partial charge in [0, 0.05) is 43.0 Å². The van der Waals surface area contributed by atoms with Crippen LogP contribution in [-0.4, -0.2) is 32.4 Å². The second kappa shape index (κ2) is 5.88. The number of carbonyl (C=O) groups is 1. The third-order valence-corrected chi connectivity index (χ3v) is 5.47. The molecule has 0 unspecified atom stereocenters. The number of H-pyrrole nitrogens is 1. The molecule has 3 aromatic rings. The summed E-state index contributed by atoms with van der Waals surface area (Å²) in [4.78, 5) is 25.5. The number of aromatic nitrogens is 3. The van der Waals surface area contributed by atoms with Crippen molar-refractivity contribution in [3.8, 4) is 0 Å². The van der Waals surface area contributed by atoms with Gasteiger partial charge in [-0.1, -0.05) is 0 Å². The van der Waals surface area contributed by atoms with Crippen LogP contribution in [0.4, 0.5) is 14.5 Å². The molecule has 5 rings (SSSR count).